The van der Waals surface area contributed by atoms with Crippen LogP contribution >= 0.6 is 0 Å². The maximum Gasteiger partial charge on any atom is 0.137 e. The topological polar surface area (TPSA) is 62.6 Å². The lowest BCUT2D eigenvalue weighted by Crippen LogP contribution is -2.28. The van der Waals surface area contributed by atoms with Crippen LogP contribution in [0.5, 0.6) is 0 Å². The SMILES string of the molecule is Cc1ccc2nc(C3CCCN3CCn3cncn3)[nH]c2c1. The summed E-state index contributed by atoms with van der Waals surface area (Å²) in [7, 11) is 0. The zero-order valence-electron chi connectivity index (χ0n) is 12.7. The van der Waals surface area contributed by atoms with Gasteiger partial charge < -0.3 is 4.98 Å². The first kappa shape index (κ1) is 13.5. The molecule has 114 valence electrons. The first-order chi connectivity index (χ1) is 10.8. The van der Waals surface area contributed by atoms with Crippen molar-refractivity contribution in [3.63, 3.8) is 0 Å². The van der Waals surface area contributed by atoms with Crippen LogP contribution in [-0.4, -0.2) is 42.7 Å². The Balaban J connectivity index is 1.53. The fourth-order valence-corrected chi connectivity index (χ4v) is 3.28. The first-order valence-corrected chi connectivity index (χ1v) is 7.82. The van der Waals surface area contributed by atoms with Crippen molar-refractivity contribution in [1.29, 1.82) is 0 Å². The average Bonchev–Trinajstić information content (AvgIpc) is 3.24. The molecule has 1 unspecified atom stereocenters. The predicted molar refractivity (Wildman–Crippen MR) is 84.4 cm³/mol. The van der Waals surface area contributed by atoms with Crippen molar-refractivity contribution in [3.05, 3.63) is 42.2 Å². The van der Waals surface area contributed by atoms with E-state index in [1.54, 1.807) is 12.7 Å². The third-order valence-electron chi connectivity index (χ3n) is 4.42. The number of rotatable bonds is 4. The van der Waals surface area contributed by atoms with Gasteiger partial charge in [-0.2, -0.15) is 5.10 Å². The van der Waals surface area contributed by atoms with Crippen LogP contribution in [0.4, 0.5) is 0 Å². The van der Waals surface area contributed by atoms with Gasteiger partial charge in [-0.05, 0) is 44.0 Å². The maximum atomic E-state index is 4.80. The van der Waals surface area contributed by atoms with E-state index in [0.29, 0.717) is 6.04 Å². The van der Waals surface area contributed by atoms with Gasteiger partial charge in [0.2, 0.25) is 0 Å². The molecule has 0 radical (unpaired) electrons. The largest absolute Gasteiger partial charge is 0.341 e. The number of aromatic nitrogens is 5. The molecule has 0 spiro atoms. The van der Waals surface area contributed by atoms with Gasteiger partial charge in [0, 0.05) is 6.54 Å². The molecule has 4 rings (SSSR count). The Hall–Kier alpha value is -2.21. The van der Waals surface area contributed by atoms with Crippen LogP contribution in [0.3, 0.4) is 0 Å². The molecule has 22 heavy (non-hydrogen) atoms. The lowest BCUT2D eigenvalue weighted by molar-refractivity contribution is 0.236. The molecule has 1 aliphatic rings. The molecule has 0 bridgehead atoms. The van der Waals surface area contributed by atoms with Crippen molar-refractivity contribution >= 4 is 11.0 Å². The number of hydrogen-bond acceptors (Lipinski definition) is 4. The van der Waals surface area contributed by atoms with Gasteiger partial charge in [0.05, 0.1) is 23.6 Å². The van der Waals surface area contributed by atoms with Crippen LogP contribution < -0.4 is 0 Å². The molecular formula is C16H20N6. The Kier molecular flexibility index (Phi) is 3.38. The second-order valence-corrected chi connectivity index (χ2v) is 6.00. The van der Waals surface area contributed by atoms with Gasteiger partial charge in [-0.3, -0.25) is 9.58 Å². The Morgan fingerprint density at radius 1 is 1.32 bits per heavy atom. The van der Waals surface area contributed by atoms with Gasteiger partial charge in [-0.15, -0.1) is 0 Å². The Morgan fingerprint density at radius 3 is 3.14 bits per heavy atom. The third-order valence-corrected chi connectivity index (χ3v) is 4.42. The summed E-state index contributed by atoms with van der Waals surface area (Å²) in [6, 6.07) is 6.76. The number of aromatic amines is 1. The maximum absolute atomic E-state index is 4.80. The average molecular weight is 296 g/mol. The molecule has 1 N–H and O–H groups in total. The summed E-state index contributed by atoms with van der Waals surface area (Å²) < 4.78 is 1.89. The zero-order valence-corrected chi connectivity index (χ0v) is 12.7. The summed E-state index contributed by atoms with van der Waals surface area (Å²) in [5, 5.41) is 4.17. The Bertz CT molecular complexity index is 760. The van der Waals surface area contributed by atoms with E-state index < -0.39 is 0 Å². The molecule has 0 aliphatic carbocycles. The fourth-order valence-electron chi connectivity index (χ4n) is 3.28. The monoisotopic (exact) mass is 296 g/mol. The summed E-state index contributed by atoms with van der Waals surface area (Å²) in [5.74, 6) is 1.09. The normalized spacial score (nSPS) is 19.2. The molecule has 0 amide bonds. The quantitative estimate of drug-likeness (QED) is 0.802. The summed E-state index contributed by atoms with van der Waals surface area (Å²) in [6.45, 7) is 5.08. The molecule has 1 atom stereocenters. The number of aryl methyl sites for hydroxylation is 1. The molecule has 1 aliphatic heterocycles. The molecule has 1 aromatic carbocycles. The molecule has 6 nitrogen and oxygen atoms in total. The smallest absolute Gasteiger partial charge is 0.137 e. The van der Waals surface area contributed by atoms with E-state index >= 15 is 0 Å². The standard InChI is InChI=1S/C16H20N6/c1-12-4-5-13-14(9-12)20-16(19-13)15-3-2-6-21(15)7-8-22-11-17-10-18-22/h4-5,9-11,15H,2-3,6-8H2,1H3,(H,19,20). The van der Waals surface area contributed by atoms with E-state index in [9.17, 15) is 0 Å². The second kappa shape index (κ2) is 5.53. The molecule has 3 aromatic rings. The van der Waals surface area contributed by atoms with Crippen LogP contribution in [-0.2, 0) is 6.54 Å². The number of imidazole rings is 1. The van der Waals surface area contributed by atoms with Gasteiger partial charge in [0.1, 0.15) is 18.5 Å². The van der Waals surface area contributed by atoms with E-state index in [0.717, 1.165) is 42.9 Å². The highest BCUT2D eigenvalue weighted by molar-refractivity contribution is 5.75. The minimum absolute atomic E-state index is 0.385. The molecule has 1 fully saturated rings. The number of H-pyrrole nitrogens is 1. The molecule has 3 heterocycles. The lowest BCUT2D eigenvalue weighted by atomic mass is 10.2. The number of likely N-dealkylation sites (tertiary alicyclic amines) is 1. The summed E-state index contributed by atoms with van der Waals surface area (Å²) in [4.78, 5) is 14.8. The zero-order chi connectivity index (χ0) is 14.9. The fraction of sp³-hybridized carbons (Fsp3) is 0.438. The molecule has 1 saturated heterocycles. The number of fused-ring (bicyclic) bond motifs is 1. The Morgan fingerprint density at radius 2 is 2.27 bits per heavy atom. The van der Waals surface area contributed by atoms with E-state index in [1.165, 1.54) is 12.0 Å². The van der Waals surface area contributed by atoms with Gasteiger partial charge in [0.15, 0.2) is 0 Å². The van der Waals surface area contributed by atoms with Gasteiger partial charge in [0.25, 0.3) is 0 Å². The van der Waals surface area contributed by atoms with Crippen LogP contribution in [0, 0.1) is 6.92 Å². The summed E-state index contributed by atoms with van der Waals surface area (Å²) >= 11 is 0. The third kappa shape index (κ3) is 2.50. The minimum atomic E-state index is 0.385. The van der Waals surface area contributed by atoms with E-state index in [2.05, 4.69) is 45.1 Å². The highest BCUT2D eigenvalue weighted by atomic mass is 15.3. The van der Waals surface area contributed by atoms with Crippen molar-refractivity contribution < 1.29 is 0 Å². The minimum Gasteiger partial charge on any atom is -0.341 e. The van der Waals surface area contributed by atoms with Crippen molar-refractivity contribution in [2.24, 2.45) is 0 Å². The van der Waals surface area contributed by atoms with Crippen molar-refractivity contribution in [1.82, 2.24) is 29.6 Å². The summed E-state index contributed by atoms with van der Waals surface area (Å²) in [5.41, 5.74) is 3.46. The van der Waals surface area contributed by atoms with Crippen molar-refractivity contribution in [3.8, 4) is 0 Å². The van der Waals surface area contributed by atoms with E-state index in [1.807, 2.05) is 4.68 Å². The Labute approximate surface area is 129 Å². The number of benzene rings is 1. The second-order valence-electron chi connectivity index (χ2n) is 6.00. The van der Waals surface area contributed by atoms with Crippen LogP contribution in [0.25, 0.3) is 11.0 Å². The lowest BCUT2D eigenvalue weighted by Gasteiger charge is -2.22. The first-order valence-electron chi connectivity index (χ1n) is 7.82. The van der Waals surface area contributed by atoms with Crippen LogP contribution in [0.2, 0.25) is 0 Å². The van der Waals surface area contributed by atoms with Gasteiger partial charge in [-0.25, -0.2) is 9.97 Å². The van der Waals surface area contributed by atoms with E-state index in [-0.39, 0.29) is 0 Å². The van der Waals surface area contributed by atoms with E-state index in [4.69, 9.17) is 4.98 Å². The molecule has 0 saturated carbocycles. The highest BCUT2D eigenvalue weighted by Crippen LogP contribution is 2.31. The number of nitrogens with zero attached hydrogens (tertiary/aromatic N) is 5. The van der Waals surface area contributed by atoms with Gasteiger partial charge >= 0.3 is 0 Å². The van der Waals surface area contributed by atoms with Gasteiger partial charge in [-0.1, -0.05) is 6.07 Å². The molecule has 2 aromatic heterocycles. The highest BCUT2D eigenvalue weighted by Gasteiger charge is 2.28. The molecule has 6 heteroatoms. The summed E-state index contributed by atoms with van der Waals surface area (Å²) in [6.07, 6.45) is 5.74. The van der Waals surface area contributed by atoms with Crippen molar-refractivity contribution in [2.45, 2.75) is 32.4 Å². The predicted octanol–water partition coefficient (Wildman–Crippen LogP) is 2.30. The number of hydrogen-bond donors (Lipinski definition) is 1. The number of nitrogens with one attached hydrogen (secondary N) is 1. The van der Waals surface area contributed by atoms with Crippen molar-refractivity contribution in [2.75, 3.05) is 13.1 Å². The van der Waals surface area contributed by atoms with Crippen LogP contribution in [0.1, 0.15) is 30.3 Å². The molecular weight excluding hydrogens is 276 g/mol. The van der Waals surface area contributed by atoms with Crippen LogP contribution in [0.15, 0.2) is 30.9 Å².